The van der Waals surface area contributed by atoms with Gasteiger partial charge in [-0.05, 0) is 12.5 Å². The highest BCUT2D eigenvalue weighted by atomic mass is 16.5. The lowest BCUT2D eigenvalue weighted by Crippen LogP contribution is -2.31. The van der Waals surface area contributed by atoms with E-state index in [2.05, 4.69) is 4.98 Å². The number of hydrogen-bond acceptors (Lipinski definition) is 5. The molecule has 0 amide bonds. The number of aromatic nitrogens is 2. The van der Waals surface area contributed by atoms with Gasteiger partial charge in [0.25, 0.3) is 5.56 Å². The zero-order valence-corrected chi connectivity index (χ0v) is 12.8. The fourth-order valence-corrected chi connectivity index (χ4v) is 1.84. The molecule has 0 saturated carbocycles. The normalized spacial score (nSPS) is 10.5. The van der Waals surface area contributed by atoms with Crippen molar-refractivity contribution < 1.29 is 14.3 Å². The molecule has 0 aliphatic heterocycles. The van der Waals surface area contributed by atoms with Crippen molar-refractivity contribution >= 4 is 5.97 Å². The van der Waals surface area contributed by atoms with E-state index in [4.69, 9.17) is 9.47 Å². The Bertz CT molecular complexity index is 764. The molecule has 1 aromatic heterocycles. The Labute approximate surface area is 132 Å². The molecule has 2 rings (SSSR count). The second-order valence-corrected chi connectivity index (χ2v) is 4.97. The minimum Gasteiger partial charge on any atom is -0.461 e. The van der Waals surface area contributed by atoms with Crippen LogP contribution in [0.25, 0.3) is 0 Å². The smallest absolute Gasteiger partial charge is 0.330 e. The summed E-state index contributed by atoms with van der Waals surface area (Å²) in [6.07, 6.45) is 1.50. The van der Waals surface area contributed by atoms with E-state index in [9.17, 15) is 14.4 Å². The number of H-pyrrole nitrogens is 1. The monoisotopic (exact) mass is 318 g/mol. The Hall–Kier alpha value is -2.67. The average Bonchev–Trinajstić information content (AvgIpc) is 2.55. The minimum absolute atomic E-state index is 0.0393. The van der Waals surface area contributed by atoms with Crippen LogP contribution in [-0.2, 0) is 27.6 Å². The number of rotatable bonds is 7. The molecule has 1 aromatic carbocycles. The largest absolute Gasteiger partial charge is 0.461 e. The molecule has 0 unspecified atom stereocenters. The van der Waals surface area contributed by atoms with E-state index in [1.807, 2.05) is 30.3 Å². The molecule has 0 aliphatic rings. The Morgan fingerprint density at radius 3 is 2.70 bits per heavy atom. The van der Waals surface area contributed by atoms with Gasteiger partial charge in [0.15, 0.2) is 0 Å². The number of nitrogens with one attached hydrogen (secondary N) is 1. The SMILES string of the molecule is Cc1cn(COCCC(=O)OCc2ccccc2)c(=O)[nH]c1=O. The van der Waals surface area contributed by atoms with E-state index >= 15 is 0 Å². The average molecular weight is 318 g/mol. The topological polar surface area (TPSA) is 90.4 Å². The number of hydrogen-bond donors (Lipinski definition) is 1. The van der Waals surface area contributed by atoms with E-state index in [1.165, 1.54) is 10.8 Å². The molecule has 1 heterocycles. The van der Waals surface area contributed by atoms with Crippen molar-refractivity contribution in [3.05, 3.63) is 68.5 Å². The van der Waals surface area contributed by atoms with Gasteiger partial charge in [0, 0.05) is 11.8 Å². The van der Waals surface area contributed by atoms with Gasteiger partial charge in [-0.2, -0.15) is 0 Å². The lowest BCUT2D eigenvalue weighted by Gasteiger charge is -2.08. The number of carbonyl (C=O) groups is 1. The standard InChI is InChI=1S/C16H18N2O5/c1-12-9-18(16(21)17-15(12)20)11-22-8-7-14(19)23-10-13-5-3-2-4-6-13/h2-6,9H,7-8,10-11H2,1H3,(H,17,20,21). The number of ether oxygens (including phenoxy) is 2. The van der Waals surface area contributed by atoms with Gasteiger partial charge in [-0.15, -0.1) is 0 Å². The van der Waals surface area contributed by atoms with Crippen molar-refractivity contribution in [1.82, 2.24) is 9.55 Å². The van der Waals surface area contributed by atoms with Crippen molar-refractivity contribution in [3.63, 3.8) is 0 Å². The molecule has 7 heteroatoms. The second kappa shape index (κ2) is 8.09. The predicted octanol–water partition coefficient (Wildman–Crippen LogP) is 0.953. The number of aryl methyl sites for hydroxylation is 1. The van der Waals surface area contributed by atoms with Crippen molar-refractivity contribution in [2.45, 2.75) is 26.7 Å². The van der Waals surface area contributed by atoms with E-state index in [0.29, 0.717) is 5.56 Å². The van der Waals surface area contributed by atoms with Crippen LogP contribution in [-0.4, -0.2) is 22.1 Å². The molecule has 1 N–H and O–H groups in total. The third-order valence-electron chi connectivity index (χ3n) is 3.11. The van der Waals surface area contributed by atoms with Gasteiger partial charge in [0.05, 0.1) is 13.0 Å². The highest BCUT2D eigenvalue weighted by Crippen LogP contribution is 2.01. The van der Waals surface area contributed by atoms with Crippen LogP contribution >= 0.6 is 0 Å². The molecule has 2 aromatic rings. The summed E-state index contributed by atoms with van der Waals surface area (Å²) in [6, 6.07) is 9.37. The van der Waals surface area contributed by atoms with Gasteiger partial charge in [0.1, 0.15) is 13.3 Å². The molecule has 0 fully saturated rings. The number of carbonyl (C=O) groups excluding carboxylic acids is 1. The van der Waals surface area contributed by atoms with Crippen molar-refractivity contribution in [3.8, 4) is 0 Å². The quantitative estimate of drug-likeness (QED) is 0.606. The molecule has 23 heavy (non-hydrogen) atoms. The summed E-state index contributed by atoms with van der Waals surface area (Å²) in [5.74, 6) is -0.376. The van der Waals surface area contributed by atoms with E-state index in [0.717, 1.165) is 5.56 Å². The van der Waals surface area contributed by atoms with Crippen LogP contribution in [0.15, 0.2) is 46.1 Å². The maximum atomic E-state index is 11.6. The van der Waals surface area contributed by atoms with Gasteiger partial charge >= 0.3 is 11.7 Å². The summed E-state index contributed by atoms with van der Waals surface area (Å²) >= 11 is 0. The van der Waals surface area contributed by atoms with Gasteiger partial charge in [-0.25, -0.2) is 4.79 Å². The molecule has 0 atom stereocenters. The van der Waals surface area contributed by atoms with E-state index in [1.54, 1.807) is 6.92 Å². The number of esters is 1. The molecule has 7 nitrogen and oxygen atoms in total. The Morgan fingerprint density at radius 1 is 1.22 bits per heavy atom. The fourth-order valence-electron chi connectivity index (χ4n) is 1.84. The summed E-state index contributed by atoms with van der Waals surface area (Å²) in [4.78, 5) is 36.5. The maximum absolute atomic E-state index is 11.6. The Morgan fingerprint density at radius 2 is 1.96 bits per heavy atom. The van der Waals surface area contributed by atoms with Gasteiger partial charge < -0.3 is 9.47 Å². The molecule has 0 radical (unpaired) electrons. The highest BCUT2D eigenvalue weighted by molar-refractivity contribution is 5.69. The van der Waals surface area contributed by atoms with Gasteiger partial charge in [-0.3, -0.25) is 19.1 Å². The first-order valence-electron chi connectivity index (χ1n) is 7.14. The third kappa shape index (κ3) is 5.23. The summed E-state index contributed by atoms with van der Waals surface area (Å²) in [5, 5.41) is 0. The van der Waals surface area contributed by atoms with Crippen LogP contribution in [0.5, 0.6) is 0 Å². The van der Waals surface area contributed by atoms with E-state index < -0.39 is 11.2 Å². The lowest BCUT2D eigenvalue weighted by atomic mass is 10.2. The number of benzene rings is 1. The first-order chi connectivity index (χ1) is 11.1. The Balaban J connectivity index is 1.71. The van der Waals surface area contributed by atoms with Crippen LogP contribution < -0.4 is 11.2 Å². The highest BCUT2D eigenvalue weighted by Gasteiger charge is 2.05. The zero-order chi connectivity index (χ0) is 16.7. The predicted molar refractivity (Wildman–Crippen MR) is 82.9 cm³/mol. The Kier molecular flexibility index (Phi) is 5.87. The maximum Gasteiger partial charge on any atom is 0.330 e. The van der Waals surface area contributed by atoms with Gasteiger partial charge in [0.2, 0.25) is 0 Å². The minimum atomic E-state index is -0.549. The van der Waals surface area contributed by atoms with Crippen LogP contribution in [0, 0.1) is 6.92 Å². The van der Waals surface area contributed by atoms with Crippen LogP contribution in [0.3, 0.4) is 0 Å². The molecular weight excluding hydrogens is 300 g/mol. The summed E-state index contributed by atoms with van der Waals surface area (Å²) < 4.78 is 11.6. The summed E-state index contributed by atoms with van der Waals surface area (Å²) in [5.41, 5.74) is 0.357. The zero-order valence-electron chi connectivity index (χ0n) is 12.8. The molecular formula is C16H18N2O5. The van der Waals surface area contributed by atoms with E-state index in [-0.39, 0.29) is 32.3 Å². The summed E-state index contributed by atoms with van der Waals surface area (Å²) in [6.45, 7) is 1.90. The first kappa shape index (κ1) is 16.7. The fraction of sp³-hybridized carbons (Fsp3) is 0.312. The van der Waals surface area contributed by atoms with Crippen molar-refractivity contribution in [2.24, 2.45) is 0 Å². The first-order valence-corrected chi connectivity index (χ1v) is 7.14. The van der Waals surface area contributed by atoms with Gasteiger partial charge in [-0.1, -0.05) is 30.3 Å². The van der Waals surface area contributed by atoms with Crippen LogP contribution in [0.4, 0.5) is 0 Å². The van der Waals surface area contributed by atoms with Crippen molar-refractivity contribution in [1.29, 1.82) is 0 Å². The number of aromatic amines is 1. The number of nitrogens with zero attached hydrogens (tertiary/aromatic N) is 1. The lowest BCUT2D eigenvalue weighted by molar-refractivity contribution is -0.146. The summed E-state index contributed by atoms with van der Waals surface area (Å²) in [7, 11) is 0. The second-order valence-electron chi connectivity index (χ2n) is 4.97. The third-order valence-corrected chi connectivity index (χ3v) is 3.11. The molecule has 0 saturated heterocycles. The molecule has 0 bridgehead atoms. The molecule has 0 spiro atoms. The van der Waals surface area contributed by atoms with Crippen LogP contribution in [0.1, 0.15) is 17.5 Å². The van der Waals surface area contributed by atoms with Crippen molar-refractivity contribution in [2.75, 3.05) is 6.61 Å². The van der Waals surface area contributed by atoms with Crippen LogP contribution in [0.2, 0.25) is 0 Å². The molecule has 122 valence electrons. The molecule has 0 aliphatic carbocycles.